The zero-order valence-corrected chi connectivity index (χ0v) is 21.5. The molecule has 0 heterocycles. The number of hydrogen-bond donors (Lipinski definition) is 1. The molecular weight excluding hydrogens is 510 g/mol. The maximum atomic E-state index is 13.0. The van der Waals surface area contributed by atoms with Gasteiger partial charge in [0, 0.05) is 11.6 Å². The van der Waals surface area contributed by atoms with Crippen LogP contribution in [0.25, 0.3) is 0 Å². The van der Waals surface area contributed by atoms with Crippen molar-refractivity contribution in [3.63, 3.8) is 0 Å². The Hall–Kier alpha value is -3.76. The first-order valence-electron chi connectivity index (χ1n) is 10.5. The Morgan fingerprint density at radius 2 is 1.53 bits per heavy atom. The minimum atomic E-state index is -4.15. The second-order valence-electron chi connectivity index (χ2n) is 7.46. The maximum Gasteiger partial charge on any atom is 0.338 e. The van der Waals surface area contributed by atoms with E-state index in [1.54, 1.807) is 24.3 Å². The number of anilines is 1. The van der Waals surface area contributed by atoms with Gasteiger partial charge in [0.05, 0.1) is 42.5 Å². The molecule has 1 atom stereocenters. The number of benzene rings is 3. The molecule has 0 aliphatic heterocycles. The second kappa shape index (κ2) is 11.3. The Labute approximate surface area is 213 Å². The molecule has 0 aliphatic carbocycles. The minimum absolute atomic E-state index is 0.0491. The molecule has 0 saturated heterocycles. The highest BCUT2D eigenvalue weighted by atomic mass is 35.5. The predicted octanol–water partition coefficient (Wildman–Crippen LogP) is 4.59. The number of halogens is 1. The summed E-state index contributed by atoms with van der Waals surface area (Å²) in [6.07, 6.45) is -1.10. The molecule has 0 unspecified atom stereocenters. The van der Waals surface area contributed by atoms with Crippen LogP contribution < -0.4 is 18.9 Å². The molecule has 0 aromatic heterocycles. The number of methoxy groups -OCH3 is 3. The SMILES string of the molecule is COc1ccc(C(=O)[C@@H](C)OC(=O)c2cccc(S(=O)(=O)Nc3cc(Cl)c(OC)cc3OC)c2)cc1. The summed E-state index contributed by atoms with van der Waals surface area (Å²) in [6, 6.07) is 14.4. The standard InChI is InChI=1S/C25H24ClNO8S/c1-15(24(28)16-8-10-18(32-2)11-9-16)35-25(29)17-6-5-7-19(12-17)36(30,31)27-21-13-20(26)22(33-3)14-23(21)34-4/h5-15,27H,1-4H3/t15-/m1/s1. The molecule has 0 fully saturated rings. The molecule has 1 N–H and O–H groups in total. The normalized spacial score (nSPS) is 11.8. The van der Waals surface area contributed by atoms with Gasteiger partial charge in [-0.1, -0.05) is 17.7 Å². The van der Waals surface area contributed by atoms with Crippen LogP contribution in [0.1, 0.15) is 27.6 Å². The van der Waals surface area contributed by atoms with E-state index >= 15 is 0 Å². The topological polar surface area (TPSA) is 117 Å². The number of ketones is 1. The largest absolute Gasteiger partial charge is 0.497 e. The van der Waals surface area contributed by atoms with Crippen LogP contribution in [-0.4, -0.2) is 47.6 Å². The average molecular weight is 534 g/mol. The fraction of sp³-hybridized carbons (Fsp3) is 0.200. The van der Waals surface area contributed by atoms with Crippen molar-refractivity contribution < 1.29 is 37.0 Å². The maximum absolute atomic E-state index is 13.0. The highest BCUT2D eigenvalue weighted by molar-refractivity contribution is 7.92. The molecule has 190 valence electrons. The third kappa shape index (κ3) is 6.07. The highest BCUT2D eigenvalue weighted by Gasteiger charge is 2.23. The Morgan fingerprint density at radius 1 is 0.861 bits per heavy atom. The van der Waals surface area contributed by atoms with Crippen molar-refractivity contribution in [3.05, 3.63) is 76.8 Å². The lowest BCUT2D eigenvalue weighted by Crippen LogP contribution is -2.24. The van der Waals surface area contributed by atoms with Crippen LogP contribution in [0.5, 0.6) is 17.2 Å². The van der Waals surface area contributed by atoms with E-state index in [2.05, 4.69) is 4.72 Å². The number of rotatable bonds is 10. The summed E-state index contributed by atoms with van der Waals surface area (Å²) in [5.74, 6) is -0.204. The molecule has 0 radical (unpaired) electrons. The van der Waals surface area contributed by atoms with Crippen molar-refractivity contribution in [2.75, 3.05) is 26.1 Å². The summed E-state index contributed by atoms with van der Waals surface area (Å²) in [7, 11) is 0.143. The van der Waals surface area contributed by atoms with E-state index in [0.29, 0.717) is 17.1 Å². The number of carbonyl (C=O) groups is 2. The van der Waals surface area contributed by atoms with E-state index in [1.807, 2.05) is 0 Å². The molecule has 0 spiro atoms. The smallest absolute Gasteiger partial charge is 0.338 e. The lowest BCUT2D eigenvalue weighted by molar-refractivity contribution is 0.0318. The zero-order chi connectivity index (χ0) is 26.5. The number of sulfonamides is 1. The van der Waals surface area contributed by atoms with Gasteiger partial charge in [0.1, 0.15) is 17.2 Å². The summed E-state index contributed by atoms with van der Waals surface area (Å²) >= 11 is 6.12. The van der Waals surface area contributed by atoms with Gasteiger partial charge in [0.15, 0.2) is 6.10 Å². The number of esters is 1. The van der Waals surface area contributed by atoms with Crippen LogP contribution in [0.2, 0.25) is 5.02 Å². The van der Waals surface area contributed by atoms with Gasteiger partial charge in [-0.15, -0.1) is 0 Å². The zero-order valence-electron chi connectivity index (χ0n) is 19.9. The molecule has 3 aromatic carbocycles. The van der Waals surface area contributed by atoms with Crippen LogP contribution >= 0.6 is 11.6 Å². The number of hydrogen-bond acceptors (Lipinski definition) is 8. The summed E-state index contributed by atoms with van der Waals surface area (Å²) < 4.78 is 49.1. The number of Topliss-reactive ketones (excluding diaryl/α,β-unsaturated/α-hetero) is 1. The van der Waals surface area contributed by atoms with E-state index in [0.717, 1.165) is 6.07 Å². The summed E-state index contributed by atoms with van der Waals surface area (Å²) in [6.45, 7) is 1.44. The molecule has 0 saturated carbocycles. The summed E-state index contributed by atoms with van der Waals surface area (Å²) in [5.41, 5.74) is 0.366. The van der Waals surface area contributed by atoms with Crippen LogP contribution in [0.4, 0.5) is 5.69 Å². The Balaban J connectivity index is 1.78. The molecule has 0 amide bonds. The Morgan fingerprint density at radius 3 is 2.14 bits per heavy atom. The molecule has 3 aromatic rings. The molecule has 9 nitrogen and oxygen atoms in total. The first-order chi connectivity index (χ1) is 17.1. The molecule has 0 aliphatic rings. The highest BCUT2D eigenvalue weighted by Crippen LogP contribution is 2.37. The fourth-order valence-corrected chi connectivity index (χ4v) is 4.55. The molecule has 3 rings (SSSR count). The lowest BCUT2D eigenvalue weighted by Gasteiger charge is -2.15. The first-order valence-corrected chi connectivity index (χ1v) is 12.4. The molecular formula is C25H24ClNO8S. The van der Waals surface area contributed by atoms with E-state index < -0.39 is 27.9 Å². The van der Waals surface area contributed by atoms with E-state index in [1.165, 1.54) is 58.6 Å². The van der Waals surface area contributed by atoms with Gasteiger partial charge >= 0.3 is 5.97 Å². The summed E-state index contributed by atoms with van der Waals surface area (Å²) in [5, 5.41) is 0.170. The van der Waals surface area contributed by atoms with Gasteiger partial charge in [0.2, 0.25) is 5.78 Å². The lowest BCUT2D eigenvalue weighted by atomic mass is 10.1. The van der Waals surface area contributed by atoms with Crippen molar-refractivity contribution in [2.45, 2.75) is 17.9 Å². The van der Waals surface area contributed by atoms with Gasteiger partial charge < -0.3 is 18.9 Å². The first kappa shape index (κ1) is 26.8. The van der Waals surface area contributed by atoms with Crippen LogP contribution in [-0.2, 0) is 14.8 Å². The third-order valence-corrected chi connectivity index (χ3v) is 6.78. The summed E-state index contributed by atoms with van der Waals surface area (Å²) in [4.78, 5) is 25.1. The van der Waals surface area contributed by atoms with Crippen molar-refractivity contribution in [2.24, 2.45) is 0 Å². The minimum Gasteiger partial charge on any atom is -0.497 e. The second-order valence-corrected chi connectivity index (χ2v) is 9.55. The number of ether oxygens (including phenoxy) is 4. The van der Waals surface area contributed by atoms with E-state index in [-0.39, 0.29) is 26.9 Å². The number of carbonyl (C=O) groups excluding carboxylic acids is 2. The van der Waals surface area contributed by atoms with Gasteiger partial charge in [-0.25, -0.2) is 13.2 Å². The van der Waals surface area contributed by atoms with Crippen LogP contribution in [0.3, 0.4) is 0 Å². The quantitative estimate of drug-likeness (QED) is 0.297. The molecule has 11 heteroatoms. The van der Waals surface area contributed by atoms with Gasteiger partial charge in [-0.2, -0.15) is 0 Å². The molecule has 36 heavy (non-hydrogen) atoms. The average Bonchev–Trinajstić information content (AvgIpc) is 2.88. The Kier molecular flexibility index (Phi) is 8.44. The van der Waals surface area contributed by atoms with E-state index in [9.17, 15) is 18.0 Å². The van der Waals surface area contributed by atoms with Crippen molar-refractivity contribution in [1.29, 1.82) is 0 Å². The van der Waals surface area contributed by atoms with Crippen molar-refractivity contribution in [3.8, 4) is 17.2 Å². The van der Waals surface area contributed by atoms with Gasteiger partial charge in [-0.3, -0.25) is 9.52 Å². The van der Waals surface area contributed by atoms with Crippen molar-refractivity contribution >= 4 is 39.1 Å². The van der Waals surface area contributed by atoms with E-state index in [4.69, 9.17) is 30.5 Å². The van der Waals surface area contributed by atoms with Gasteiger partial charge in [0.25, 0.3) is 10.0 Å². The number of nitrogens with one attached hydrogen (secondary N) is 1. The monoisotopic (exact) mass is 533 g/mol. The van der Waals surface area contributed by atoms with Gasteiger partial charge in [-0.05, 0) is 55.5 Å². The van der Waals surface area contributed by atoms with Crippen molar-refractivity contribution in [1.82, 2.24) is 0 Å². The van der Waals surface area contributed by atoms with Crippen LogP contribution in [0, 0.1) is 0 Å². The predicted molar refractivity (Wildman–Crippen MR) is 134 cm³/mol. The Bertz CT molecular complexity index is 1370. The third-order valence-electron chi connectivity index (χ3n) is 5.13. The fourth-order valence-electron chi connectivity index (χ4n) is 3.21. The van der Waals surface area contributed by atoms with Crippen LogP contribution in [0.15, 0.2) is 65.6 Å². The molecule has 0 bridgehead atoms.